The number of rotatable bonds is 5. The summed E-state index contributed by atoms with van der Waals surface area (Å²) in [5.41, 5.74) is 4.46. The van der Waals surface area contributed by atoms with Gasteiger partial charge in [0.05, 0.1) is 35.9 Å². The van der Waals surface area contributed by atoms with E-state index in [1.807, 2.05) is 6.07 Å². The first-order valence-corrected chi connectivity index (χ1v) is 10.1. The maximum Gasteiger partial charge on any atom is 0.335 e. The van der Waals surface area contributed by atoms with Crippen LogP contribution >= 0.6 is 0 Å². The number of ether oxygens (including phenoxy) is 1. The summed E-state index contributed by atoms with van der Waals surface area (Å²) in [5, 5.41) is 9.28. The number of fused-ring (bicyclic) bond motifs is 1. The van der Waals surface area contributed by atoms with Crippen LogP contribution in [0.15, 0.2) is 42.5 Å². The van der Waals surface area contributed by atoms with Gasteiger partial charge in [0.15, 0.2) is 0 Å². The van der Waals surface area contributed by atoms with E-state index in [0.717, 1.165) is 29.9 Å². The molecule has 0 amide bonds. The fourth-order valence-corrected chi connectivity index (χ4v) is 4.13. The van der Waals surface area contributed by atoms with Crippen molar-refractivity contribution in [1.82, 2.24) is 14.5 Å². The lowest BCUT2D eigenvalue weighted by atomic mass is 10.0. The molecular formula is C23H27N3O3. The van der Waals surface area contributed by atoms with Gasteiger partial charge < -0.3 is 14.4 Å². The number of benzene rings is 2. The number of aromatic nitrogens is 2. The van der Waals surface area contributed by atoms with Gasteiger partial charge in [-0.15, -0.1) is 0 Å². The van der Waals surface area contributed by atoms with Crippen molar-refractivity contribution in [3.8, 4) is 0 Å². The molecule has 2 heterocycles. The first-order valence-electron chi connectivity index (χ1n) is 10.1. The molecule has 0 radical (unpaired) electrons. The zero-order chi connectivity index (χ0) is 20.5. The van der Waals surface area contributed by atoms with Crippen LogP contribution in [0.25, 0.3) is 11.0 Å². The maximum atomic E-state index is 11.3. The van der Waals surface area contributed by atoms with Crippen molar-refractivity contribution in [3.05, 3.63) is 65.0 Å². The molecule has 4 rings (SSSR count). The number of imidazole rings is 1. The molecule has 6 heteroatoms. The highest BCUT2D eigenvalue weighted by atomic mass is 16.5. The standard InChI is InChI=1S/C23H27N3O3/c1-4-26-20-10-9-17(23(27)28)11-19(20)24-22(26)13-25-12-21(29-14-16(25)3)18-8-6-5-7-15(18)2/h5-11,16,21H,4,12-14H2,1-3H3,(H,27,28). The number of aryl methyl sites for hydroxylation is 2. The van der Waals surface area contributed by atoms with E-state index in [1.165, 1.54) is 11.1 Å². The minimum atomic E-state index is -0.928. The third-order valence-corrected chi connectivity index (χ3v) is 5.83. The van der Waals surface area contributed by atoms with Crippen molar-refractivity contribution < 1.29 is 14.6 Å². The average molecular weight is 393 g/mol. The van der Waals surface area contributed by atoms with Gasteiger partial charge in [0.25, 0.3) is 0 Å². The molecule has 1 aromatic heterocycles. The van der Waals surface area contributed by atoms with Crippen LogP contribution in [-0.2, 0) is 17.8 Å². The van der Waals surface area contributed by atoms with Crippen LogP contribution in [0, 0.1) is 6.92 Å². The molecule has 6 nitrogen and oxygen atoms in total. The number of morpholine rings is 1. The molecule has 0 saturated carbocycles. The summed E-state index contributed by atoms with van der Waals surface area (Å²) in [5.74, 6) is 0.0321. The Balaban J connectivity index is 1.62. The zero-order valence-corrected chi connectivity index (χ0v) is 17.1. The normalized spacial score (nSPS) is 20.2. The first kappa shape index (κ1) is 19.6. The van der Waals surface area contributed by atoms with Crippen molar-refractivity contribution in [2.75, 3.05) is 13.2 Å². The van der Waals surface area contributed by atoms with E-state index in [9.17, 15) is 9.90 Å². The summed E-state index contributed by atoms with van der Waals surface area (Å²) < 4.78 is 8.32. The van der Waals surface area contributed by atoms with E-state index in [4.69, 9.17) is 9.72 Å². The van der Waals surface area contributed by atoms with Crippen molar-refractivity contribution >= 4 is 17.0 Å². The number of carboxylic acids is 1. The number of hydrogen-bond acceptors (Lipinski definition) is 4. The molecule has 1 saturated heterocycles. The van der Waals surface area contributed by atoms with E-state index in [-0.39, 0.29) is 17.7 Å². The molecule has 0 spiro atoms. The Morgan fingerprint density at radius 1 is 1.28 bits per heavy atom. The zero-order valence-electron chi connectivity index (χ0n) is 17.1. The van der Waals surface area contributed by atoms with E-state index in [0.29, 0.717) is 13.2 Å². The van der Waals surface area contributed by atoms with Gasteiger partial charge >= 0.3 is 5.97 Å². The van der Waals surface area contributed by atoms with Crippen LogP contribution < -0.4 is 0 Å². The lowest BCUT2D eigenvalue weighted by Crippen LogP contribution is -2.45. The molecule has 1 fully saturated rings. The number of carboxylic acid groups (broad SMARTS) is 1. The van der Waals surface area contributed by atoms with Gasteiger partial charge in [-0.1, -0.05) is 24.3 Å². The van der Waals surface area contributed by atoms with Gasteiger partial charge in [-0.05, 0) is 50.1 Å². The molecule has 152 valence electrons. The number of nitrogens with zero attached hydrogens (tertiary/aromatic N) is 3. The predicted octanol–water partition coefficient (Wildman–Crippen LogP) is 4.02. The summed E-state index contributed by atoms with van der Waals surface area (Å²) in [6.45, 7) is 9.37. The van der Waals surface area contributed by atoms with Crippen LogP contribution in [0.3, 0.4) is 0 Å². The van der Waals surface area contributed by atoms with Crippen molar-refractivity contribution in [1.29, 1.82) is 0 Å². The highest BCUT2D eigenvalue weighted by molar-refractivity contribution is 5.92. The Morgan fingerprint density at radius 3 is 2.79 bits per heavy atom. The molecule has 3 aromatic rings. The molecule has 0 aliphatic carbocycles. The van der Waals surface area contributed by atoms with Crippen LogP contribution in [0.5, 0.6) is 0 Å². The van der Waals surface area contributed by atoms with Gasteiger partial charge in [-0.25, -0.2) is 9.78 Å². The Morgan fingerprint density at radius 2 is 2.07 bits per heavy atom. The number of hydrogen-bond donors (Lipinski definition) is 1. The summed E-state index contributed by atoms with van der Waals surface area (Å²) in [4.78, 5) is 18.5. The SMILES string of the molecule is CCn1c(CN2CC(c3ccccc3C)OCC2C)nc2cc(C(=O)O)ccc21. The molecule has 1 aliphatic rings. The molecular weight excluding hydrogens is 366 g/mol. The van der Waals surface area contributed by atoms with Gasteiger partial charge in [0.2, 0.25) is 0 Å². The van der Waals surface area contributed by atoms with Gasteiger partial charge in [0, 0.05) is 19.1 Å². The minimum Gasteiger partial charge on any atom is -0.478 e. The Hall–Kier alpha value is -2.70. The highest BCUT2D eigenvalue weighted by Crippen LogP contribution is 2.29. The van der Waals surface area contributed by atoms with E-state index in [2.05, 4.69) is 54.5 Å². The fourth-order valence-electron chi connectivity index (χ4n) is 4.13. The van der Waals surface area contributed by atoms with Gasteiger partial charge in [-0.2, -0.15) is 0 Å². The van der Waals surface area contributed by atoms with Crippen molar-refractivity contribution in [2.24, 2.45) is 0 Å². The Labute approximate surface area is 170 Å². The second-order valence-corrected chi connectivity index (χ2v) is 7.74. The fraction of sp³-hybridized carbons (Fsp3) is 0.391. The summed E-state index contributed by atoms with van der Waals surface area (Å²) in [6.07, 6.45) is 0.0467. The lowest BCUT2D eigenvalue weighted by molar-refractivity contribution is -0.0645. The monoisotopic (exact) mass is 393 g/mol. The molecule has 1 N–H and O–H groups in total. The second kappa shape index (κ2) is 7.97. The summed E-state index contributed by atoms with van der Waals surface area (Å²) >= 11 is 0. The largest absolute Gasteiger partial charge is 0.478 e. The minimum absolute atomic E-state index is 0.0467. The highest BCUT2D eigenvalue weighted by Gasteiger charge is 2.29. The number of carbonyl (C=O) groups is 1. The smallest absolute Gasteiger partial charge is 0.335 e. The van der Waals surface area contributed by atoms with E-state index in [1.54, 1.807) is 12.1 Å². The van der Waals surface area contributed by atoms with Crippen molar-refractivity contribution in [2.45, 2.75) is 46.0 Å². The van der Waals surface area contributed by atoms with E-state index < -0.39 is 5.97 Å². The summed E-state index contributed by atoms with van der Waals surface area (Å²) in [7, 11) is 0. The van der Waals surface area contributed by atoms with Crippen molar-refractivity contribution in [3.63, 3.8) is 0 Å². The van der Waals surface area contributed by atoms with Crippen LogP contribution in [0.2, 0.25) is 0 Å². The average Bonchev–Trinajstić information content (AvgIpc) is 3.06. The first-order chi connectivity index (χ1) is 14.0. The van der Waals surface area contributed by atoms with E-state index >= 15 is 0 Å². The van der Waals surface area contributed by atoms with Crippen LogP contribution in [0.1, 0.15) is 47.3 Å². The summed E-state index contributed by atoms with van der Waals surface area (Å²) in [6, 6.07) is 13.8. The topological polar surface area (TPSA) is 67.6 Å². The quantitative estimate of drug-likeness (QED) is 0.709. The Kier molecular flexibility index (Phi) is 5.39. The van der Waals surface area contributed by atoms with Gasteiger partial charge in [-0.3, -0.25) is 4.90 Å². The third kappa shape index (κ3) is 3.78. The van der Waals surface area contributed by atoms with Crippen LogP contribution in [-0.4, -0.2) is 44.7 Å². The molecule has 2 aromatic carbocycles. The molecule has 2 unspecified atom stereocenters. The molecule has 2 atom stereocenters. The molecule has 1 aliphatic heterocycles. The number of aromatic carboxylic acids is 1. The Bertz CT molecular complexity index is 1040. The molecule has 29 heavy (non-hydrogen) atoms. The predicted molar refractivity (Wildman–Crippen MR) is 112 cm³/mol. The van der Waals surface area contributed by atoms with Crippen LogP contribution in [0.4, 0.5) is 0 Å². The second-order valence-electron chi connectivity index (χ2n) is 7.74. The lowest BCUT2D eigenvalue weighted by Gasteiger charge is -2.38. The molecule has 0 bridgehead atoms. The maximum absolute atomic E-state index is 11.3. The third-order valence-electron chi connectivity index (χ3n) is 5.83. The van der Waals surface area contributed by atoms with Gasteiger partial charge in [0.1, 0.15) is 5.82 Å².